The molecule has 0 aliphatic rings. The third-order valence-electron chi connectivity index (χ3n) is 5.98. The van der Waals surface area contributed by atoms with Gasteiger partial charge in [0.2, 0.25) is 0 Å². The largest absolute Gasteiger partial charge is 0.351 e. The molecule has 2 aromatic heterocycles. The number of nitrogens with zero attached hydrogens (tertiary/aromatic N) is 3. The van der Waals surface area contributed by atoms with E-state index in [1.807, 2.05) is 67.3 Å². The number of pyridine rings is 1. The van der Waals surface area contributed by atoms with Crippen molar-refractivity contribution in [3.63, 3.8) is 0 Å². The van der Waals surface area contributed by atoms with Crippen LogP contribution in [0.3, 0.4) is 0 Å². The molecule has 33 heavy (non-hydrogen) atoms. The van der Waals surface area contributed by atoms with Crippen molar-refractivity contribution in [2.45, 2.75) is 18.9 Å². The van der Waals surface area contributed by atoms with Gasteiger partial charge in [0.1, 0.15) is 5.69 Å². The third-order valence-corrected chi connectivity index (χ3v) is 5.98. The van der Waals surface area contributed by atoms with E-state index >= 15 is 0 Å². The van der Waals surface area contributed by atoms with E-state index in [2.05, 4.69) is 22.4 Å². The molecule has 168 valence electrons. The number of fused-ring (bicyclic) bond motifs is 1. The molecule has 2 aromatic carbocycles. The number of aromatic nitrogens is 2. The quantitative estimate of drug-likeness (QED) is 0.449. The first kappa shape index (κ1) is 22.3. The minimum atomic E-state index is -0.211. The molecule has 1 atom stereocenters. The zero-order valence-electron chi connectivity index (χ0n) is 18.9. The maximum atomic E-state index is 13.4. The topological polar surface area (TPSA) is 67.2 Å². The van der Waals surface area contributed by atoms with Gasteiger partial charge in [-0.3, -0.25) is 14.6 Å². The van der Waals surface area contributed by atoms with Crippen LogP contribution in [-0.4, -0.2) is 45.9 Å². The van der Waals surface area contributed by atoms with Crippen LogP contribution in [0.1, 0.15) is 32.8 Å². The number of hydrogen-bond acceptors (Lipinski definition) is 3. The van der Waals surface area contributed by atoms with E-state index < -0.39 is 0 Å². The molecule has 2 heterocycles. The standard InChI is InChI=1S/C27H28N4O2/c1-30-17-14-21-11-12-22(19-25(21)30)27(33)31(2)23(18-20-8-4-3-5-9-20)13-16-29-26(32)24-10-6-7-15-28-24/h3-12,14-15,17,19,23H,13,16,18H2,1-2H3,(H,29,32)/t23-/m1/s1. The number of rotatable bonds is 8. The maximum absolute atomic E-state index is 13.4. The van der Waals surface area contributed by atoms with Gasteiger partial charge in [-0.15, -0.1) is 0 Å². The number of likely N-dealkylation sites (N-methyl/N-ethyl adjacent to an activating group) is 1. The molecule has 0 saturated carbocycles. The van der Waals surface area contributed by atoms with Gasteiger partial charge in [-0.2, -0.15) is 0 Å². The number of benzene rings is 2. The van der Waals surface area contributed by atoms with Gasteiger partial charge in [-0.1, -0.05) is 42.5 Å². The van der Waals surface area contributed by atoms with Crippen molar-refractivity contribution in [2.75, 3.05) is 13.6 Å². The van der Waals surface area contributed by atoms with E-state index in [0.29, 0.717) is 30.6 Å². The van der Waals surface area contributed by atoms with E-state index in [9.17, 15) is 9.59 Å². The summed E-state index contributed by atoms with van der Waals surface area (Å²) in [5, 5.41) is 4.04. The molecule has 0 aliphatic heterocycles. The van der Waals surface area contributed by atoms with E-state index in [1.165, 1.54) is 0 Å². The lowest BCUT2D eigenvalue weighted by Gasteiger charge is -2.29. The number of nitrogens with one attached hydrogen (secondary N) is 1. The van der Waals surface area contributed by atoms with Crippen LogP contribution >= 0.6 is 0 Å². The van der Waals surface area contributed by atoms with Crippen LogP contribution in [-0.2, 0) is 13.5 Å². The third kappa shape index (κ3) is 5.29. The molecular formula is C27H28N4O2. The highest BCUT2D eigenvalue weighted by Gasteiger charge is 2.22. The van der Waals surface area contributed by atoms with Crippen LogP contribution in [0.5, 0.6) is 0 Å². The number of carbonyl (C=O) groups excluding carboxylic acids is 2. The van der Waals surface area contributed by atoms with E-state index in [1.54, 1.807) is 29.3 Å². The average molecular weight is 441 g/mol. The molecule has 4 rings (SSSR count). The Labute approximate surface area is 193 Å². The Morgan fingerprint density at radius 3 is 2.58 bits per heavy atom. The number of carbonyl (C=O) groups is 2. The summed E-state index contributed by atoms with van der Waals surface area (Å²) in [6.07, 6.45) is 4.92. The Bertz CT molecular complexity index is 1230. The number of hydrogen-bond donors (Lipinski definition) is 1. The van der Waals surface area contributed by atoms with Gasteiger partial charge in [0.25, 0.3) is 11.8 Å². The molecule has 0 bridgehead atoms. The zero-order chi connectivity index (χ0) is 23.2. The smallest absolute Gasteiger partial charge is 0.269 e. The second-order valence-corrected chi connectivity index (χ2v) is 8.22. The van der Waals surface area contributed by atoms with Crippen LogP contribution in [0, 0.1) is 0 Å². The first-order valence-corrected chi connectivity index (χ1v) is 11.1. The fourth-order valence-electron chi connectivity index (χ4n) is 4.02. The van der Waals surface area contributed by atoms with Crippen molar-refractivity contribution in [1.82, 2.24) is 19.8 Å². The van der Waals surface area contributed by atoms with Gasteiger partial charge in [-0.05, 0) is 54.1 Å². The number of amides is 2. The van der Waals surface area contributed by atoms with Gasteiger partial charge in [-0.25, -0.2) is 0 Å². The van der Waals surface area contributed by atoms with Crippen molar-refractivity contribution in [3.05, 3.63) is 102 Å². The Morgan fingerprint density at radius 2 is 1.82 bits per heavy atom. The van der Waals surface area contributed by atoms with Gasteiger partial charge in [0.05, 0.1) is 0 Å². The summed E-state index contributed by atoms with van der Waals surface area (Å²) in [6.45, 7) is 0.446. The van der Waals surface area contributed by atoms with Crippen LogP contribution in [0.15, 0.2) is 85.2 Å². The summed E-state index contributed by atoms with van der Waals surface area (Å²) >= 11 is 0. The molecule has 6 heteroatoms. The second-order valence-electron chi connectivity index (χ2n) is 8.22. The lowest BCUT2D eigenvalue weighted by atomic mass is 10.0. The highest BCUT2D eigenvalue weighted by Crippen LogP contribution is 2.20. The van der Waals surface area contributed by atoms with Gasteiger partial charge in [0.15, 0.2) is 0 Å². The van der Waals surface area contributed by atoms with Crippen LogP contribution in [0.4, 0.5) is 0 Å². The maximum Gasteiger partial charge on any atom is 0.269 e. The predicted molar refractivity (Wildman–Crippen MR) is 130 cm³/mol. The normalized spacial score (nSPS) is 11.8. The molecule has 0 unspecified atom stereocenters. The predicted octanol–water partition coefficient (Wildman–Crippen LogP) is 4.08. The summed E-state index contributed by atoms with van der Waals surface area (Å²) in [5.74, 6) is -0.243. The van der Waals surface area contributed by atoms with E-state index in [4.69, 9.17) is 0 Å². The van der Waals surface area contributed by atoms with Crippen molar-refractivity contribution >= 4 is 22.7 Å². The SMILES string of the molecule is CN(C(=O)c1ccc2ccn(C)c2c1)[C@H](CCNC(=O)c1ccccn1)Cc1ccccc1. The van der Waals surface area contributed by atoms with E-state index in [0.717, 1.165) is 16.5 Å². The Hall–Kier alpha value is -3.93. The van der Waals surface area contributed by atoms with Crippen molar-refractivity contribution in [1.29, 1.82) is 0 Å². The van der Waals surface area contributed by atoms with Gasteiger partial charge < -0.3 is 14.8 Å². The molecule has 0 saturated heterocycles. The summed E-state index contributed by atoms with van der Waals surface area (Å²) in [7, 11) is 3.81. The molecule has 1 N–H and O–H groups in total. The Kier molecular flexibility index (Phi) is 6.83. The summed E-state index contributed by atoms with van der Waals surface area (Å²) in [5.41, 5.74) is 3.22. The van der Waals surface area contributed by atoms with Gasteiger partial charge in [0, 0.05) is 50.2 Å². The molecule has 4 aromatic rings. The molecule has 0 fully saturated rings. The average Bonchev–Trinajstić information content (AvgIpc) is 3.23. The molecule has 6 nitrogen and oxygen atoms in total. The minimum Gasteiger partial charge on any atom is -0.351 e. The summed E-state index contributed by atoms with van der Waals surface area (Å²) in [4.78, 5) is 31.7. The van der Waals surface area contributed by atoms with Crippen LogP contribution < -0.4 is 5.32 Å². The van der Waals surface area contributed by atoms with Crippen molar-refractivity contribution in [3.8, 4) is 0 Å². The minimum absolute atomic E-state index is 0.0323. The second kappa shape index (κ2) is 10.1. The molecule has 2 amide bonds. The molecular weight excluding hydrogens is 412 g/mol. The lowest BCUT2D eigenvalue weighted by Crippen LogP contribution is -2.41. The highest BCUT2D eigenvalue weighted by atomic mass is 16.2. The number of aryl methyl sites for hydroxylation is 1. The van der Waals surface area contributed by atoms with Crippen LogP contribution in [0.2, 0.25) is 0 Å². The van der Waals surface area contributed by atoms with Crippen molar-refractivity contribution < 1.29 is 9.59 Å². The zero-order valence-corrected chi connectivity index (χ0v) is 18.9. The summed E-state index contributed by atoms with van der Waals surface area (Å²) in [6, 6.07) is 23.1. The molecule has 0 aliphatic carbocycles. The Balaban J connectivity index is 1.49. The summed E-state index contributed by atoms with van der Waals surface area (Å²) < 4.78 is 2.01. The van der Waals surface area contributed by atoms with Crippen LogP contribution in [0.25, 0.3) is 10.9 Å². The fourth-order valence-corrected chi connectivity index (χ4v) is 4.02. The molecule has 0 spiro atoms. The Morgan fingerprint density at radius 1 is 1.03 bits per heavy atom. The fraction of sp³-hybridized carbons (Fsp3) is 0.222. The van der Waals surface area contributed by atoms with Crippen molar-refractivity contribution in [2.24, 2.45) is 7.05 Å². The lowest BCUT2D eigenvalue weighted by molar-refractivity contribution is 0.0723. The van der Waals surface area contributed by atoms with E-state index in [-0.39, 0.29) is 17.9 Å². The van der Waals surface area contributed by atoms with Gasteiger partial charge >= 0.3 is 0 Å². The first-order valence-electron chi connectivity index (χ1n) is 11.1. The molecule has 0 radical (unpaired) electrons. The highest BCUT2D eigenvalue weighted by molar-refractivity contribution is 5.98. The first-order chi connectivity index (χ1) is 16.0. The monoisotopic (exact) mass is 440 g/mol.